The fourth-order valence-electron chi connectivity index (χ4n) is 3.07. The van der Waals surface area contributed by atoms with Crippen LogP contribution in [0.5, 0.6) is 0 Å². The molecule has 0 bridgehead atoms. The molecule has 0 atom stereocenters. The van der Waals surface area contributed by atoms with Gasteiger partial charge in [0.1, 0.15) is 18.3 Å². The second-order valence-electron chi connectivity index (χ2n) is 7.29. The van der Waals surface area contributed by atoms with Crippen LogP contribution in [0.4, 0.5) is 28.9 Å². The summed E-state index contributed by atoms with van der Waals surface area (Å²) >= 11 is 0. The lowest BCUT2D eigenvalue weighted by Crippen LogP contribution is -2.22. The minimum Gasteiger partial charge on any atom is -0.403 e. The molecule has 2 rings (SSSR count). The summed E-state index contributed by atoms with van der Waals surface area (Å²) in [6.45, 7) is 10.6. The average Bonchev–Trinajstić information content (AvgIpc) is 2.87. The molecular weight excluding hydrogens is 486 g/mol. The van der Waals surface area contributed by atoms with Crippen LogP contribution in [0.3, 0.4) is 0 Å². The number of aliphatic imine (C=N–C) groups is 3. The van der Waals surface area contributed by atoms with Gasteiger partial charge in [0.15, 0.2) is 0 Å². The number of alkyl halides is 3. The zero-order valence-corrected chi connectivity index (χ0v) is 20.1. The summed E-state index contributed by atoms with van der Waals surface area (Å²) < 4.78 is 56.3. The minimum atomic E-state index is -4.67. The van der Waals surface area contributed by atoms with Crippen LogP contribution in [0.25, 0.3) is 5.57 Å². The molecule has 11 heteroatoms. The molecule has 0 aliphatic rings. The molecule has 0 spiro atoms. The highest BCUT2D eigenvalue weighted by Gasteiger charge is 2.34. The van der Waals surface area contributed by atoms with E-state index in [1.54, 1.807) is 0 Å². The molecule has 0 radical (unpaired) electrons. The van der Waals surface area contributed by atoms with Gasteiger partial charge in [0.05, 0.1) is 16.9 Å². The van der Waals surface area contributed by atoms with E-state index in [1.807, 2.05) is 0 Å². The highest BCUT2D eigenvalue weighted by atomic mass is 19.4. The quantitative estimate of drug-likeness (QED) is 0.137. The lowest BCUT2D eigenvalue weighted by Gasteiger charge is -2.19. The Hall–Kier alpha value is -4.67. The van der Waals surface area contributed by atoms with E-state index in [0.717, 1.165) is 12.3 Å². The summed E-state index contributed by atoms with van der Waals surface area (Å²) in [5.74, 6) is -0.786. The number of nitrogens with one attached hydrogen (secondary N) is 3. The number of anilines is 2. The monoisotopic (exact) mass is 513 g/mol. The Morgan fingerprint density at radius 1 is 1.14 bits per heavy atom. The van der Waals surface area contributed by atoms with Gasteiger partial charge in [0.2, 0.25) is 0 Å². The molecular formula is C26H27F4N7. The average molecular weight is 514 g/mol. The van der Waals surface area contributed by atoms with Gasteiger partial charge < -0.3 is 21.7 Å². The van der Waals surface area contributed by atoms with Crippen LogP contribution < -0.4 is 21.7 Å². The fraction of sp³-hybridized carbons (Fsp3) is 0.115. The van der Waals surface area contributed by atoms with Crippen LogP contribution in [0, 0.1) is 5.82 Å². The molecule has 0 saturated carbocycles. The number of hydrogen-bond acceptors (Lipinski definition) is 6. The van der Waals surface area contributed by atoms with Crippen molar-refractivity contribution < 1.29 is 17.6 Å². The standard InChI is InChI=1S/C26H27F4N7/c1-5-17(2)36-18-10-11-23(27)24(12-18)37-25(35-16-34-19(13-31)14-32-3)21(15-33-4)20-8-6-7-9-22(20)26(28,29)30/h5-15,34,36H,1-2,4,16,31H2,3H3,(H,35,37)/b19-13+,21-15-,32-14?. The first-order valence-electron chi connectivity index (χ1n) is 10.7. The molecule has 0 fully saturated rings. The number of benzene rings is 2. The van der Waals surface area contributed by atoms with Crippen LogP contribution in [0.15, 0.2) is 100 Å². The third-order valence-electron chi connectivity index (χ3n) is 4.74. The van der Waals surface area contributed by atoms with Crippen LogP contribution in [-0.2, 0) is 6.18 Å². The van der Waals surface area contributed by atoms with Crippen molar-refractivity contribution in [1.82, 2.24) is 5.32 Å². The van der Waals surface area contributed by atoms with Crippen molar-refractivity contribution in [2.75, 3.05) is 24.3 Å². The van der Waals surface area contributed by atoms with Gasteiger partial charge in [-0.2, -0.15) is 13.2 Å². The molecule has 7 nitrogen and oxygen atoms in total. The van der Waals surface area contributed by atoms with Crippen molar-refractivity contribution in [1.29, 1.82) is 0 Å². The Morgan fingerprint density at radius 2 is 1.86 bits per heavy atom. The minimum absolute atomic E-state index is 0.0650. The van der Waals surface area contributed by atoms with Crippen molar-refractivity contribution in [2.24, 2.45) is 20.7 Å². The third-order valence-corrected chi connectivity index (χ3v) is 4.74. The molecule has 5 N–H and O–H groups in total. The van der Waals surface area contributed by atoms with E-state index in [9.17, 15) is 17.6 Å². The van der Waals surface area contributed by atoms with E-state index in [-0.39, 0.29) is 29.3 Å². The maximum Gasteiger partial charge on any atom is 0.417 e. The first kappa shape index (κ1) is 28.6. The van der Waals surface area contributed by atoms with Crippen molar-refractivity contribution >= 4 is 35.7 Å². The SMILES string of the molecule is C=CC(=C)Nc1ccc(F)c(NC(=N/CN/C(C=NC)=C/N)/C(=C\N=C)c2ccccc2C(F)(F)F)c1. The molecule has 0 aliphatic carbocycles. The Kier molecular flexibility index (Phi) is 10.4. The zero-order chi connectivity index (χ0) is 27.4. The van der Waals surface area contributed by atoms with Crippen LogP contribution in [0.2, 0.25) is 0 Å². The lowest BCUT2D eigenvalue weighted by molar-refractivity contribution is -0.137. The highest BCUT2D eigenvalue weighted by Crippen LogP contribution is 2.36. The first-order valence-corrected chi connectivity index (χ1v) is 10.7. The van der Waals surface area contributed by atoms with Gasteiger partial charge in [0.25, 0.3) is 0 Å². The van der Waals surface area contributed by atoms with E-state index < -0.39 is 17.6 Å². The summed E-state index contributed by atoms with van der Waals surface area (Å²) in [5.41, 5.74) is 5.59. The van der Waals surface area contributed by atoms with Crippen LogP contribution in [0.1, 0.15) is 11.1 Å². The Balaban J connectivity index is 2.63. The molecule has 2 aromatic rings. The summed E-state index contributed by atoms with van der Waals surface area (Å²) in [4.78, 5) is 11.9. The van der Waals surface area contributed by atoms with Gasteiger partial charge in [-0.25, -0.2) is 9.38 Å². The van der Waals surface area contributed by atoms with Gasteiger partial charge in [-0.15, -0.1) is 0 Å². The first-order chi connectivity index (χ1) is 17.6. The van der Waals surface area contributed by atoms with Gasteiger partial charge in [-0.1, -0.05) is 31.4 Å². The number of rotatable bonds is 11. The molecule has 0 saturated heterocycles. The maximum atomic E-state index is 14.8. The van der Waals surface area contributed by atoms with Crippen LogP contribution >= 0.6 is 0 Å². The molecule has 0 aliphatic heterocycles. The third kappa shape index (κ3) is 8.20. The highest BCUT2D eigenvalue weighted by molar-refractivity contribution is 6.28. The predicted molar refractivity (Wildman–Crippen MR) is 144 cm³/mol. The van der Waals surface area contributed by atoms with E-state index in [1.165, 1.54) is 61.9 Å². The second kappa shape index (κ2) is 13.4. The summed E-state index contributed by atoms with van der Waals surface area (Å²) in [7, 11) is 1.54. The molecule has 0 unspecified atom stereocenters. The van der Waals surface area contributed by atoms with Crippen molar-refractivity contribution in [3.63, 3.8) is 0 Å². The Labute approximate surface area is 212 Å². The van der Waals surface area contributed by atoms with E-state index in [4.69, 9.17) is 5.73 Å². The summed E-state index contributed by atoms with van der Waals surface area (Å²) in [6, 6.07) is 8.97. The smallest absolute Gasteiger partial charge is 0.403 e. The zero-order valence-electron chi connectivity index (χ0n) is 20.1. The van der Waals surface area contributed by atoms with E-state index >= 15 is 0 Å². The van der Waals surface area contributed by atoms with E-state index in [2.05, 4.69) is 50.8 Å². The molecule has 2 aromatic carbocycles. The van der Waals surface area contributed by atoms with Crippen LogP contribution in [-0.4, -0.2) is 32.5 Å². The Morgan fingerprint density at radius 3 is 2.49 bits per heavy atom. The summed E-state index contributed by atoms with van der Waals surface area (Å²) in [6.07, 6.45) is 0.598. The number of amidine groups is 1. The number of hydrogen-bond donors (Lipinski definition) is 4. The maximum absolute atomic E-state index is 14.8. The normalized spacial score (nSPS) is 12.8. The van der Waals surface area contributed by atoms with Gasteiger partial charge in [0, 0.05) is 42.6 Å². The Bertz CT molecular complexity index is 1260. The largest absolute Gasteiger partial charge is 0.417 e. The topological polar surface area (TPSA) is 99.2 Å². The molecule has 0 amide bonds. The number of nitrogens with two attached hydrogens (primary N) is 1. The molecule has 194 valence electrons. The lowest BCUT2D eigenvalue weighted by atomic mass is 9.98. The van der Waals surface area contributed by atoms with Crippen molar-refractivity contribution in [3.05, 3.63) is 102 Å². The number of allylic oxidation sites excluding steroid dienone is 2. The fourth-order valence-corrected chi connectivity index (χ4v) is 3.07. The number of nitrogens with zero attached hydrogens (tertiary/aromatic N) is 3. The molecule has 37 heavy (non-hydrogen) atoms. The summed E-state index contributed by atoms with van der Waals surface area (Å²) in [5, 5.41) is 8.60. The van der Waals surface area contributed by atoms with Gasteiger partial charge in [-0.05, 0) is 42.6 Å². The predicted octanol–water partition coefficient (Wildman–Crippen LogP) is 5.56. The molecule has 0 aromatic heterocycles. The second-order valence-corrected chi connectivity index (χ2v) is 7.29. The van der Waals surface area contributed by atoms with Gasteiger partial charge in [-0.3, -0.25) is 9.98 Å². The van der Waals surface area contributed by atoms with E-state index in [0.29, 0.717) is 17.1 Å². The molecule has 0 heterocycles. The van der Waals surface area contributed by atoms with Gasteiger partial charge >= 0.3 is 6.18 Å². The van der Waals surface area contributed by atoms with Crippen molar-refractivity contribution in [3.8, 4) is 0 Å². The number of halogens is 4. The van der Waals surface area contributed by atoms with Crippen molar-refractivity contribution in [2.45, 2.75) is 6.18 Å².